The van der Waals surface area contributed by atoms with E-state index in [2.05, 4.69) is 5.32 Å². The lowest BCUT2D eigenvalue weighted by Crippen LogP contribution is -2.36. The quantitative estimate of drug-likeness (QED) is 0.767. The van der Waals surface area contributed by atoms with Gasteiger partial charge in [-0.25, -0.2) is 0 Å². The van der Waals surface area contributed by atoms with E-state index in [1.165, 1.54) is 6.92 Å². The van der Waals surface area contributed by atoms with Gasteiger partial charge in [-0.15, -0.1) is 0 Å². The summed E-state index contributed by atoms with van der Waals surface area (Å²) < 4.78 is 0. The zero-order chi connectivity index (χ0) is 12.8. The number of carboxylic acid groups (broad SMARTS) is 1. The molecule has 0 radical (unpaired) electrons. The molecule has 2 N–H and O–H groups in total. The predicted molar refractivity (Wildman–Crippen MR) is 64.4 cm³/mol. The highest BCUT2D eigenvalue weighted by Gasteiger charge is 2.22. The summed E-state index contributed by atoms with van der Waals surface area (Å²) in [5, 5.41) is 11.5. The molecule has 0 aromatic heterocycles. The third-order valence-corrected chi connectivity index (χ3v) is 2.69. The summed E-state index contributed by atoms with van der Waals surface area (Å²) >= 11 is 0. The molecule has 0 saturated carbocycles. The first-order chi connectivity index (χ1) is 8.06. The Bertz CT molecular complexity index is 389. The summed E-state index contributed by atoms with van der Waals surface area (Å²) in [5.74, 6) is -2.58. The van der Waals surface area contributed by atoms with Crippen molar-refractivity contribution in [3.05, 3.63) is 35.9 Å². The Hall–Kier alpha value is -1.84. The molecule has 92 valence electrons. The first-order valence-corrected chi connectivity index (χ1v) is 5.64. The van der Waals surface area contributed by atoms with Gasteiger partial charge in [-0.05, 0) is 18.9 Å². The molecule has 0 aliphatic rings. The number of hydrogen-bond acceptors (Lipinski definition) is 2. The van der Waals surface area contributed by atoms with Crippen molar-refractivity contribution in [2.45, 2.75) is 26.3 Å². The van der Waals surface area contributed by atoms with Crippen LogP contribution < -0.4 is 5.32 Å². The summed E-state index contributed by atoms with van der Waals surface area (Å²) in [6, 6.07) is 9.39. The van der Waals surface area contributed by atoms with Crippen molar-refractivity contribution < 1.29 is 14.7 Å². The van der Waals surface area contributed by atoms with E-state index in [9.17, 15) is 9.59 Å². The average molecular weight is 235 g/mol. The van der Waals surface area contributed by atoms with Crippen LogP contribution in [0, 0.1) is 5.92 Å². The van der Waals surface area contributed by atoms with Gasteiger partial charge in [0.1, 0.15) is 5.92 Å². The minimum Gasteiger partial charge on any atom is -0.481 e. The van der Waals surface area contributed by atoms with E-state index in [0.717, 1.165) is 12.0 Å². The standard InChI is InChI=1S/C13H17NO3/c1-3-11(10-7-5-4-6-8-10)14-12(15)9(2)13(16)17/h4-9,11H,3H2,1-2H3,(H,14,15)(H,16,17). The molecule has 0 heterocycles. The second kappa shape index (κ2) is 6.03. The molecule has 0 bridgehead atoms. The first-order valence-electron chi connectivity index (χ1n) is 5.64. The molecular formula is C13H17NO3. The maximum atomic E-state index is 11.6. The molecule has 2 atom stereocenters. The van der Waals surface area contributed by atoms with E-state index >= 15 is 0 Å². The summed E-state index contributed by atoms with van der Waals surface area (Å²) in [6.07, 6.45) is 0.724. The number of benzene rings is 1. The van der Waals surface area contributed by atoms with E-state index in [1.807, 2.05) is 37.3 Å². The van der Waals surface area contributed by atoms with Crippen LogP contribution in [0.2, 0.25) is 0 Å². The number of aliphatic carboxylic acids is 1. The van der Waals surface area contributed by atoms with Crippen LogP contribution in [0.25, 0.3) is 0 Å². The van der Waals surface area contributed by atoms with Crippen LogP contribution in [0.5, 0.6) is 0 Å². The second-order valence-corrected chi connectivity index (χ2v) is 3.94. The molecule has 1 aromatic rings. The molecule has 2 unspecified atom stereocenters. The molecule has 4 nitrogen and oxygen atoms in total. The minimum atomic E-state index is -1.11. The Morgan fingerprint density at radius 1 is 1.29 bits per heavy atom. The highest BCUT2D eigenvalue weighted by atomic mass is 16.4. The molecule has 17 heavy (non-hydrogen) atoms. The maximum absolute atomic E-state index is 11.6. The fourth-order valence-electron chi connectivity index (χ4n) is 1.52. The highest BCUT2D eigenvalue weighted by molar-refractivity contribution is 5.96. The number of rotatable bonds is 5. The first kappa shape index (κ1) is 13.2. The third-order valence-electron chi connectivity index (χ3n) is 2.69. The van der Waals surface area contributed by atoms with Crippen LogP contribution in [-0.4, -0.2) is 17.0 Å². The Balaban J connectivity index is 2.71. The lowest BCUT2D eigenvalue weighted by molar-refractivity contribution is -0.146. The lowest BCUT2D eigenvalue weighted by atomic mass is 10.0. The van der Waals surface area contributed by atoms with Gasteiger partial charge < -0.3 is 10.4 Å². The third kappa shape index (κ3) is 3.59. The van der Waals surface area contributed by atoms with Crippen LogP contribution >= 0.6 is 0 Å². The van der Waals surface area contributed by atoms with Gasteiger partial charge in [-0.3, -0.25) is 9.59 Å². The SMILES string of the molecule is CCC(NC(=O)C(C)C(=O)O)c1ccccc1. The smallest absolute Gasteiger partial charge is 0.315 e. The highest BCUT2D eigenvalue weighted by Crippen LogP contribution is 2.16. The lowest BCUT2D eigenvalue weighted by Gasteiger charge is -2.18. The van der Waals surface area contributed by atoms with E-state index < -0.39 is 17.8 Å². The zero-order valence-corrected chi connectivity index (χ0v) is 10.0. The molecule has 0 aliphatic carbocycles. The number of amides is 1. The molecule has 1 amide bonds. The molecule has 0 spiro atoms. The number of hydrogen-bond donors (Lipinski definition) is 2. The average Bonchev–Trinajstić information content (AvgIpc) is 2.35. The van der Waals surface area contributed by atoms with E-state index in [1.54, 1.807) is 0 Å². The summed E-state index contributed by atoms with van der Waals surface area (Å²) in [4.78, 5) is 22.3. The van der Waals surface area contributed by atoms with Gasteiger partial charge in [0, 0.05) is 0 Å². The van der Waals surface area contributed by atoms with Gasteiger partial charge in [-0.2, -0.15) is 0 Å². The van der Waals surface area contributed by atoms with Crippen molar-refractivity contribution in [3.63, 3.8) is 0 Å². The van der Waals surface area contributed by atoms with Crippen LogP contribution in [0.15, 0.2) is 30.3 Å². The van der Waals surface area contributed by atoms with Gasteiger partial charge in [0.05, 0.1) is 6.04 Å². The summed E-state index contributed by atoms with van der Waals surface area (Å²) in [6.45, 7) is 3.33. The molecule has 4 heteroatoms. The predicted octanol–water partition coefficient (Wildman–Crippen LogP) is 1.97. The van der Waals surface area contributed by atoms with Crippen molar-refractivity contribution in [2.75, 3.05) is 0 Å². The number of carbonyl (C=O) groups excluding carboxylic acids is 1. The van der Waals surface area contributed by atoms with Gasteiger partial charge in [0.15, 0.2) is 0 Å². The Kier molecular flexibility index (Phi) is 4.69. The summed E-state index contributed by atoms with van der Waals surface area (Å²) in [5.41, 5.74) is 0.987. The fraction of sp³-hybridized carbons (Fsp3) is 0.385. The van der Waals surface area contributed by atoms with Gasteiger partial charge in [-0.1, -0.05) is 37.3 Å². The largest absolute Gasteiger partial charge is 0.481 e. The van der Waals surface area contributed by atoms with Gasteiger partial charge >= 0.3 is 5.97 Å². The van der Waals surface area contributed by atoms with E-state index in [0.29, 0.717) is 0 Å². The number of carboxylic acids is 1. The van der Waals surface area contributed by atoms with Gasteiger partial charge in [0.2, 0.25) is 5.91 Å². The molecule has 1 aromatic carbocycles. The fourth-order valence-corrected chi connectivity index (χ4v) is 1.52. The van der Waals surface area contributed by atoms with Crippen molar-refractivity contribution in [1.29, 1.82) is 0 Å². The second-order valence-electron chi connectivity index (χ2n) is 3.94. The van der Waals surface area contributed by atoms with Crippen LogP contribution in [0.3, 0.4) is 0 Å². The van der Waals surface area contributed by atoms with Crippen molar-refractivity contribution in [3.8, 4) is 0 Å². The van der Waals surface area contributed by atoms with Crippen LogP contribution in [0.4, 0.5) is 0 Å². The molecular weight excluding hydrogens is 218 g/mol. The molecule has 0 fully saturated rings. The minimum absolute atomic E-state index is 0.134. The molecule has 1 rings (SSSR count). The number of nitrogens with one attached hydrogen (secondary N) is 1. The maximum Gasteiger partial charge on any atom is 0.315 e. The van der Waals surface area contributed by atoms with Gasteiger partial charge in [0.25, 0.3) is 0 Å². The molecule has 0 saturated heterocycles. The van der Waals surface area contributed by atoms with E-state index in [-0.39, 0.29) is 6.04 Å². The topological polar surface area (TPSA) is 66.4 Å². The normalized spacial score (nSPS) is 13.8. The van der Waals surface area contributed by atoms with Crippen LogP contribution in [-0.2, 0) is 9.59 Å². The van der Waals surface area contributed by atoms with Crippen LogP contribution in [0.1, 0.15) is 31.9 Å². The molecule has 0 aliphatic heterocycles. The van der Waals surface area contributed by atoms with Crippen molar-refractivity contribution in [1.82, 2.24) is 5.32 Å². The van der Waals surface area contributed by atoms with Crippen molar-refractivity contribution in [2.24, 2.45) is 5.92 Å². The summed E-state index contributed by atoms with van der Waals surface area (Å²) in [7, 11) is 0. The van der Waals surface area contributed by atoms with E-state index in [4.69, 9.17) is 5.11 Å². The monoisotopic (exact) mass is 235 g/mol. The Morgan fingerprint density at radius 2 is 1.88 bits per heavy atom. The zero-order valence-electron chi connectivity index (χ0n) is 10.0. The van der Waals surface area contributed by atoms with Crippen molar-refractivity contribution >= 4 is 11.9 Å². The Morgan fingerprint density at radius 3 is 2.35 bits per heavy atom. The Labute approximate surface area is 101 Å². The number of carbonyl (C=O) groups is 2.